The van der Waals surface area contributed by atoms with E-state index in [0.29, 0.717) is 0 Å². The van der Waals surface area contributed by atoms with Gasteiger partial charge in [0.15, 0.2) is 0 Å². The minimum Gasteiger partial charge on any atom is -0.386 e. The van der Waals surface area contributed by atoms with Crippen molar-refractivity contribution in [3.05, 3.63) is 66.0 Å². The summed E-state index contributed by atoms with van der Waals surface area (Å²) in [6.07, 6.45) is 8.82. The first-order valence-electron chi connectivity index (χ1n) is 7.90. The number of anilines is 1. The summed E-state index contributed by atoms with van der Waals surface area (Å²) in [5.74, 6) is 0. The number of allylic oxidation sites excluding steroid dienone is 2. The zero-order chi connectivity index (χ0) is 15.4. The van der Waals surface area contributed by atoms with Crippen molar-refractivity contribution in [2.75, 3.05) is 12.4 Å². The Hall–Kier alpha value is -2.35. The molecule has 1 aliphatic rings. The lowest BCUT2D eigenvalue weighted by atomic mass is 9.89. The molecule has 1 aromatic heterocycles. The molecule has 0 unspecified atom stereocenters. The fraction of sp³-hybridized carbons (Fsp3) is 0.250. The summed E-state index contributed by atoms with van der Waals surface area (Å²) in [7, 11) is 1.96. The highest BCUT2D eigenvalue weighted by molar-refractivity contribution is 5.83. The highest BCUT2D eigenvalue weighted by Crippen LogP contribution is 2.34. The van der Waals surface area contributed by atoms with Gasteiger partial charge in [-0.15, -0.1) is 0 Å². The Morgan fingerprint density at radius 2 is 1.86 bits per heavy atom. The third-order valence-electron chi connectivity index (χ3n) is 4.25. The molecule has 0 spiro atoms. The van der Waals surface area contributed by atoms with Crippen LogP contribution in [0.5, 0.6) is 0 Å². The van der Waals surface area contributed by atoms with E-state index in [1.54, 1.807) is 0 Å². The Morgan fingerprint density at radius 3 is 2.59 bits per heavy atom. The lowest BCUT2D eigenvalue weighted by molar-refractivity contribution is 0.684. The molecule has 112 valence electrons. The molecule has 2 aromatic rings. The van der Waals surface area contributed by atoms with Gasteiger partial charge in [-0.25, -0.2) is 0 Å². The van der Waals surface area contributed by atoms with Gasteiger partial charge in [-0.05, 0) is 49.0 Å². The second-order valence-electron chi connectivity index (χ2n) is 5.72. The van der Waals surface area contributed by atoms with E-state index in [-0.39, 0.29) is 0 Å². The Labute approximate surface area is 132 Å². The Kier molecular flexibility index (Phi) is 4.38. The fourth-order valence-corrected chi connectivity index (χ4v) is 3.04. The van der Waals surface area contributed by atoms with Gasteiger partial charge in [0.05, 0.1) is 11.4 Å². The lowest BCUT2D eigenvalue weighted by Crippen LogP contribution is -2.01. The molecule has 2 nitrogen and oxygen atoms in total. The van der Waals surface area contributed by atoms with Crippen LogP contribution in [0.25, 0.3) is 17.2 Å². The number of aromatic nitrogens is 1. The van der Waals surface area contributed by atoms with Crippen molar-refractivity contribution in [3.63, 3.8) is 0 Å². The van der Waals surface area contributed by atoms with Crippen molar-refractivity contribution in [1.82, 2.24) is 4.98 Å². The van der Waals surface area contributed by atoms with E-state index in [0.717, 1.165) is 24.2 Å². The molecule has 0 atom stereocenters. The molecule has 3 rings (SSSR count). The van der Waals surface area contributed by atoms with E-state index >= 15 is 0 Å². The second kappa shape index (κ2) is 6.61. The van der Waals surface area contributed by atoms with Crippen LogP contribution in [0.4, 0.5) is 5.69 Å². The van der Waals surface area contributed by atoms with Gasteiger partial charge in [0.25, 0.3) is 0 Å². The maximum absolute atomic E-state index is 4.58. The van der Waals surface area contributed by atoms with Gasteiger partial charge >= 0.3 is 0 Å². The Bertz CT molecular complexity index is 699. The zero-order valence-electron chi connectivity index (χ0n) is 13.1. The quantitative estimate of drug-likeness (QED) is 0.829. The molecule has 0 aliphatic heterocycles. The highest BCUT2D eigenvalue weighted by Gasteiger charge is 2.13. The fourth-order valence-electron chi connectivity index (χ4n) is 3.04. The smallest absolute Gasteiger partial charge is 0.0870 e. The number of nitrogens with one attached hydrogen (secondary N) is 1. The first kappa shape index (κ1) is 14.6. The molecule has 1 heterocycles. The summed E-state index contributed by atoms with van der Waals surface area (Å²) in [6, 6.07) is 12.5. The SMILES string of the molecule is C=C1CCCC/C1=C/c1nccc(-c2ccccc2)c1NC. The first-order valence-corrected chi connectivity index (χ1v) is 7.90. The molecule has 1 aliphatic carbocycles. The molecule has 2 heteroatoms. The number of rotatable bonds is 3. The van der Waals surface area contributed by atoms with Crippen molar-refractivity contribution in [2.24, 2.45) is 0 Å². The summed E-state index contributed by atoms with van der Waals surface area (Å²) in [5.41, 5.74) is 7.09. The van der Waals surface area contributed by atoms with Crippen LogP contribution in [0.1, 0.15) is 31.4 Å². The number of hydrogen-bond acceptors (Lipinski definition) is 2. The van der Waals surface area contributed by atoms with Crippen molar-refractivity contribution >= 4 is 11.8 Å². The molecule has 0 bridgehead atoms. The van der Waals surface area contributed by atoms with Crippen LogP contribution in [0.2, 0.25) is 0 Å². The van der Waals surface area contributed by atoms with E-state index < -0.39 is 0 Å². The Morgan fingerprint density at radius 1 is 1.09 bits per heavy atom. The van der Waals surface area contributed by atoms with Crippen molar-refractivity contribution in [2.45, 2.75) is 25.7 Å². The summed E-state index contributed by atoms with van der Waals surface area (Å²) < 4.78 is 0. The second-order valence-corrected chi connectivity index (χ2v) is 5.72. The molecule has 1 aromatic carbocycles. The summed E-state index contributed by atoms with van der Waals surface area (Å²) in [4.78, 5) is 4.58. The normalized spacial score (nSPS) is 16.8. The van der Waals surface area contributed by atoms with E-state index in [2.05, 4.69) is 53.3 Å². The van der Waals surface area contributed by atoms with Gasteiger partial charge in [-0.3, -0.25) is 4.98 Å². The van der Waals surface area contributed by atoms with Crippen molar-refractivity contribution < 1.29 is 0 Å². The average molecular weight is 290 g/mol. The van der Waals surface area contributed by atoms with Crippen LogP contribution in [-0.4, -0.2) is 12.0 Å². The van der Waals surface area contributed by atoms with Gasteiger partial charge in [0.2, 0.25) is 0 Å². The maximum atomic E-state index is 4.58. The summed E-state index contributed by atoms with van der Waals surface area (Å²) >= 11 is 0. The topological polar surface area (TPSA) is 24.9 Å². The largest absolute Gasteiger partial charge is 0.386 e. The molecule has 0 amide bonds. The van der Waals surface area contributed by atoms with Crippen LogP contribution >= 0.6 is 0 Å². The number of pyridine rings is 1. The van der Waals surface area contributed by atoms with E-state index in [9.17, 15) is 0 Å². The standard InChI is InChI=1S/C20H22N2/c1-15-8-6-7-11-17(15)14-19-20(21-2)18(12-13-22-19)16-9-4-3-5-10-16/h3-5,9-10,12-14,21H,1,6-8,11H2,2H3/b17-14-. The summed E-state index contributed by atoms with van der Waals surface area (Å²) in [6.45, 7) is 4.21. The molecular formula is C20H22N2. The average Bonchev–Trinajstić information content (AvgIpc) is 2.57. The van der Waals surface area contributed by atoms with E-state index in [1.807, 2.05) is 19.3 Å². The van der Waals surface area contributed by atoms with Gasteiger partial charge < -0.3 is 5.32 Å². The monoisotopic (exact) mass is 290 g/mol. The number of hydrogen-bond donors (Lipinski definition) is 1. The van der Waals surface area contributed by atoms with Gasteiger partial charge in [0.1, 0.15) is 0 Å². The molecule has 0 radical (unpaired) electrons. The van der Waals surface area contributed by atoms with E-state index in [1.165, 1.54) is 35.1 Å². The van der Waals surface area contributed by atoms with Crippen LogP contribution in [0, 0.1) is 0 Å². The van der Waals surface area contributed by atoms with Crippen LogP contribution < -0.4 is 5.32 Å². The Balaban J connectivity index is 2.06. The summed E-state index contributed by atoms with van der Waals surface area (Å²) in [5, 5.41) is 3.33. The predicted octanol–water partition coefficient (Wildman–Crippen LogP) is 5.30. The van der Waals surface area contributed by atoms with Gasteiger partial charge in [-0.1, -0.05) is 42.5 Å². The van der Waals surface area contributed by atoms with Gasteiger partial charge in [-0.2, -0.15) is 0 Å². The first-order chi connectivity index (χ1) is 10.8. The van der Waals surface area contributed by atoms with E-state index in [4.69, 9.17) is 0 Å². The van der Waals surface area contributed by atoms with Crippen LogP contribution in [0.3, 0.4) is 0 Å². The zero-order valence-corrected chi connectivity index (χ0v) is 13.1. The minimum atomic E-state index is 1.00. The molecular weight excluding hydrogens is 268 g/mol. The predicted molar refractivity (Wildman–Crippen MR) is 94.8 cm³/mol. The highest BCUT2D eigenvalue weighted by atomic mass is 14.9. The van der Waals surface area contributed by atoms with Crippen molar-refractivity contribution in [3.8, 4) is 11.1 Å². The maximum Gasteiger partial charge on any atom is 0.0870 e. The third kappa shape index (κ3) is 2.96. The number of nitrogens with zero attached hydrogens (tertiary/aromatic N) is 1. The molecule has 1 N–H and O–H groups in total. The molecule has 1 saturated carbocycles. The minimum absolute atomic E-state index is 1.00. The van der Waals surface area contributed by atoms with Gasteiger partial charge in [0, 0.05) is 18.8 Å². The molecule has 1 fully saturated rings. The van der Waals surface area contributed by atoms with Crippen LogP contribution in [-0.2, 0) is 0 Å². The third-order valence-corrected chi connectivity index (χ3v) is 4.25. The molecule has 0 saturated heterocycles. The number of benzene rings is 1. The van der Waals surface area contributed by atoms with Crippen molar-refractivity contribution in [1.29, 1.82) is 0 Å². The lowest BCUT2D eigenvalue weighted by Gasteiger charge is -2.18. The molecule has 22 heavy (non-hydrogen) atoms. The van der Waals surface area contributed by atoms with Crippen LogP contribution in [0.15, 0.2) is 60.3 Å².